The summed E-state index contributed by atoms with van der Waals surface area (Å²) in [5.41, 5.74) is 0.748. The highest BCUT2D eigenvalue weighted by atomic mass is 35.5. The number of halogens is 1. The number of carbonyl (C=O) groups excluding carboxylic acids is 1. The molecule has 2 N–H and O–H groups in total. The van der Waals surface area contributed by atoms with Crippen molar-refractivity contribution in [3.63, 3.8) is 0 Å². The second kappa shape index (κ2) is 8.29. The van der Waals surface area contributed by atoms with E-state index < -0.39 is 0 Å². The van der Waals surface area contributed by atoms with Crippen molar-refractivity contribution in [3.8, 4) is 0 Å². The lowest BCUT2D eigenvalue weighted by molar-refractivity contribution is -0.121. The van der Waals surface area contributed by atoms with Crippen LogP contribution in [0.2, 0.25) is 5.02 Å². The van der Waals surface area contributed by atoms with Gasteiger partial charge < -0.3 is 20.3 Å². The number of ether oxygens (including phenoxy) is 1. The van der Waals surface area contributed by atoms with E-state index in [0.717, 1.165) is 11.4 Å². The minimum Gasteiger partial charge on any atom is -0.377 e. The van der Waals surface area contributed by atoms with Crippen LogP contribution in [0.3, 0.4) is 0 Å². The Morgan fingerprint density at radius 3 is 2.96 bits per heavy atom. The monoisotopic (exact) mass is 376 g/mol. The first kappa shape index (κ1) is 18.3. The zero-order chi connectivity index (χ0) is 18.5. The SMILES string of the molecule is CNc1nccc(N2C[C@H](OC)[C@H](NC(=O)Cc3ccncc3Cl)C2)n1. The molecule has 26 heavy (non-hydrogen) atoms. The van der Waals surface area contributed by atoms with Gasteiger partial charge in [-0.2, -0.15) is 4.98 Å². The zero-order valence-corrected chi connectivity index (χ0v) is 15.4. The lowest BCUT2D eigenvalue weighted by Crippen LogP contribution is -2.44. The van der Waals surface area contributed by atoms with Crippen LogP contribution in [0.15, 0.2) is 30.7 Å². The minimum absolute atomic E-state index is 0.106. The molecule has 2 aromatic rings. The molecule has 2 atom stereocenters. The molecule has 1 saturated heterocycles. The smallest absolute Gasteiger partial charge is 0.224 e. The summed E-state index contributed by atoms with van der Waals surface area (Å²) >= 11 is 6.08. The molecule has 1 aliphatic rings. The van der Waals surface area contributed by atoms with Crippen LogP contribution >= 0.6 is 11.6 Å². The van der Waals surface area contributed by atoms with Crippen molar-refractivity contribution in [3.05, 3.63) is 41.3 Å². The summed E-state index contributed by atoms with van der Waals surface area (Å²) in [5.74, 6) is 1.24. The molecule has 8 nitrogen and oxygen atoms in total. The van der Waals surface area contributed by atoms with Gasteiger partial charge in [0, 0.05) is 45.8 Å². The average Bonchev–Trinajstić information content (AvgIpc) is 3.06. The van der Waals surface area contributed by atoms with E-state index in [4.69, 9.17) is 16.3 Å². The number of aromatic nitrogens is 3. The third-order valence-electron chi connectivity index (χ3n) is 4.31. The Morgan fingerprint density at radius 2 is 2.23 bits per heavy atom. The summed E-state index contributed by atoms with van der Waals surface area (Å²) in [4.78, 5) is 27.0. The van der Waals surface area contributed by atoms with Gasteiger partial charge in [0.25, 0.3) is 0 Å². The van der Waals surface area contributed by atoms with Crippen LogP contribution in [-0.4, -0.2) is 60.3 Å². The molecule has 1 amide bonds. The van der Waals surface area contributed by atoms with E-state index in [2.05, 4.69) is 30.5 Å². The summed E-state index contributed by atoms with van der Waals surface area (Å²) in [6, 6.07) is 3.45. The van der Waals surface area contributed by atoms with Crippen LogP contribution in [0.25, 0.3) is 0 Å². The largest absolute Gasteiger partial charge is 0.377 e. The number of pyridine rings is 1. The lowest BCUT2D eigenvalue weighted by atomic mass is 10.1. The third-order valence-corrected chi connectivity index (χ3v) is 4.65. The molecule has 138 valence electrons. The number of amides is 1. The maximum atomic E-state index is 12.4. The van der Waals surface area contributed by atoms with E-state index in [-0.39, 0.29) is 24.5 Å². The minimum atomic E-state index is -0.138. The van der Waals surface area contributed by atoms with Gasteiger partial charge in [-0.25, -0.2) is 4.98 Å². The molecule has 0 aromatic carbocycles. The normalized spacial score (nSPS) is 19.4. The van der Waals surface area contributed by atoms with Gasteiger partial charge >= 0.3 is 0 Å². The second-order valence-electron chi connectivity index (χ2n) is 5.99. The molecule has 0 saturated carbocycles. The lowest BCUT2D eigenvalue weighted by Gasteiger charge is -2.18. The van der Waals surface area contributed by atoms with Gasteiger partial charge in [-0.1, -0.05) is 11.6 Å². The first-order valence-corrected chi connectivity index (χ1v) is 8.64. The quantitative estimate of drug-likeness (QED) is 0.780. The molecule has 0 spiro atoms. The van der Waals surface area contributed by atoms with Crippen molar-refractivity contribution in [2.45, 2.75) is 18.6 Å². The second-order valence-corrected chi connectivity index (χ2v) is 6.39. The Hall–Kier alpha value is -2.45. The number of hydrogen-bond donors (Lipinski definition) is 2. The first-order chi connectivity index (χ1) is 12.6. The van der Waals surface area contributed by atoms with Gasteiger partial charge in [-0.3, -0.25) is 9.78 Å². The third kappa shape index (κ3) is 4.20. The fraction of sp³-hybridized carbons (Fsp3) is 0.412. The Bertz CT molecular complexity index is 774. The first-order valence-electron chi connectivity index (χ1n) is 8.27. The van der Waals surface area contributed by atoms with Gasteiger partial charge in [-0.15, -0.1) is 0 Å². The summed E-state index contributed by atoms with van der Waals surface area (Å²) < 4.78 is 5.56. The molecule has 0 radical (unpaired) electrons. The van der Waals surface area contributed by atoms with Gasteiger partial charge in [0.1, 0.15) is 5.82 Å². The van der Waals surface area contributed by atoms with Crippen LogP contribution in [0.4, 0.5) is 11.8 Å². The number of anilines is 2. The van der Waals surface area contributed by atoms with Crippen molar-refractivity contribution in [1.82, 2.24) is 20.3 Å². The molecule has 1 aliphatic heterocycles. The van der Waals surface area contributed by atoms with E-state index >= 15 is 0 Å². The van der Waals surface area contributed by atoms with Gasteiger partial charge in [0.2, 0.25) is 11.9 Å². The van der Waals surface area contributed by atoms with Crippen molar-refractivity contribution < 1.29 is 9.53 Å². The predicted octanol–water partition coefficient (Wildman–Crippen LogP) is 1.13. The van der Waals surface area contributed by atoms with Gasteiger partial charge in [0.15, 0.2) is 0 Å². The van der Waals surface area contributed by atoms with Crippen LogP contribution in [0, 0.1) is 0 Å². The molecule has 1 fully saturated rings. The number of hydrogen-bond acceptors (Lipinski definition) is 7. The number of carbonyl (C=O) groups is 1. The van der Waals surface area contributed by atoms with E-state index in [0.29, 0.717) is 24.1 Å². The molecule has 3 heterocycles. The maximum Gasteiger partial charge on any atom is 0.224 e. The number of methoxy groups -OCH3 is 1. The zero-order valence-electron chi connectivity index (χ0n) is 14.6. The van der Waals surface area contributed by atoms with E-state index in [9.17, 15) is 4.79 Å². The van der Waals surface area contributed by atoms with Crippen LogP contribution < -0.4 is 15.5 Å². The van der Waals surface area contributed by atoms with E-state index in [1.165, 1.54) is 6.20 Å². The Labute approximate surface area is 156 Å². The van der Waals surface area contributed by atoms with E-state index in [1.54, 1.807) is 32.6 Å². The predicted molar refractivity (Wildman–Crippen MR) is 99.5 cm³/mol. The highest BCUT2D eigenvalue weighted by Crippen LogP contribution is 2.21. The fourth-order valence-electron chi connectivity index (χ4n) is 2.96. The van der Waals surface area contributed by atoms with E-state index in [1.807, 2.05) is 6.07 Å². The molecule has 3 rings (SSSR count). The molecule has 2 aromatic heterocycles. The summed E-state index contributed by atoms with van der Waals surface area (Å²) in [7, 11) is 3.42. The summed E-state index contributed by atoms with van der Waals surface area (Å²) in [6.07, 6.45) is 4.94. The van der Waals surface area contributed by atoms with Crippen LogP contribution in [-0.2, 0) is 16.0 Å². The topological polar surface area (TPSA) is 92.3 Å². The Morgan fingerprint density at radius 1 is 1.38 bits per heavy atom. The average molecular weight is 377 g/mol. The van der Waals surface area contributed by atoms with Crippen molar-refractivity contribution in [1.29, 1.82) is 0 Å². The van der Waals surface area contributed by atoms with Crippen molar-refractivity contribution in [2.24, 2.45) is 0 Å². The van der Waals surface area contributed by atoms with Crippen LogP contribution in [0.5, 0.6) is 0 Å². The number of nitrogens with zero attached hydrogens (tertiary/aromatic N) is 4. The molecule has 0 unspecified atom stereocenters. The molecule has 9 heteroatoms. The van der Waals surface area contributed by atoms with Gasteiger partial charge in [-0.05, 0) is 17.7 Å². The number of nitrogens with one attached hydrogen (secondary N) is 2. The highest BCUT2D eigenvalue weighted by Gasteiger charge is 2.34. The molecule has 0 aliphatic carbocycles. The highest BCUT2D eigenvalue weighted by molar-refractivity contribution is 6.31. The van der Waals surface area contributed by atoms with Gasteiger partial charge in [0.05, 0.1) is 23.6 Å². The standard InChI is InChI=1S/C17H21ClN6O2/c1-19-17-21-6-4-15(23-17)24-9-13(14(10-24)26-2)22-16(25)7-11-3-5-20-8-12(11)18/h3-6,8,13-14H,7,9-10H2,1-2H3,(H,22,25)(H,19,21,23)/t13-,14+/m1/s1. The molecular formula is C17H21ClN6O2. The number of rotatable bonds is 6. The summed E-state index contributed by atoms with van der Waals surface area (Å²) in [6.45, 7) is 1.24. The summed E-state index contributed by atoms with van der Waals surface area (Å²) in [5, 5.41) is 6.45. The fourth-order valence-corrected chi connectivity index (χ4v) is 3.15. The Kier molecular flexibility index (Phi) is 5.85. The van der Waals surface area contributed by atoms with Crippen LogP contribution in [0.1, 0.15) is 5.56 Å². The maximum absolute atomic E-state index is 12.4. The molecular weight excluding hydrogens is 356 g/mol. The van der Waals surface area contributed by atoms with Crippen molar-refractivity contribution >= 4 is 29.3 Å². The van der Waals surface area contributed by atoms with Crippen molar-refractivity contribution in [2.75, 3.05) is 37.5 Å². The molecule has 0 bridgehead atoms. The Balaban J connectivity index is 1.65.